The lowest BCUT2D eigenvalue weighted by molar-refractivity contribution is 0.242. The summed E-state index contributed by atoms with van der Waals surface area (Å²) < 4.78 is 27.8. The van der Waals surface area contributed by atoms with Gasteiger partial charge >= 0.3 is 0 Å². The third-order valence-corrected chi connectivity index (χ3v) is 6.23. The standard InChI is InChI=1S/C12H21N3O2S2/c1-13-7-10-6-12(18-9-10)19(16,17)14-11-4-3-5-15(2)8-11/h6,9,11,13-14H,3-5,7-8H2,1-2H3. The number of piperidine rings is 1. The molecule has 1 unspecified atom stereocenters. The lowest BCUT2D eigenvalue weighted by Gasteiger charge is -2.29. The summed E-state index contributed by atoms with van der Waals surface area (Å²) in [5.41, 5.74) is 1.01. The van der Waals surface area contributed by atoms with Gasteiger partial charge in [0.2, 0.25) is 10.0 Å². The molecule has 0 saturated carbocycles. The van der Waals surface area contributed by atoms with Crippen LogP contribution in [0.15, 0.2) is 15.7 Å². The van der Waals surface area contributed by atoms with Crippen LogP contribution in [-0.2, 0) is 16.6 Å². The van der Waals surface area contributed by atoms with Crippen LogP contribution in [-0.4, -0.2) is 46.5 Å². The SMILES string of the molecule is CNCc1csc(S(=O)(=O)NC2CCCN(C)C2)c1. The minimum atomic E-state index is -3.37. The molecule has 7 heteroatoms. The first kappa shape index (κ1) is 14.9. The number of nitrogens with one attached hydrogen (secondary N) is 2. The van der Waals surface area contributed by atoms with Gasteiger partial charge in [-0.05, 0) is 50.5 Å². The molecule has 1 aliphatic rings. The fourth-order valence-corrected chi connectivity index (χ4v) is 4.82. The Morgan fingerprint density at radius 2 is 2.32 bits per heavy atom. The predicted octanol–water partition coefficient (Wildman–Crippen LogP) is 0.840. The molecule has 0 amide bonds. The fraction of sp³-hybridized carbons (Fsp3) is 0.667. The summed E-state index contributed by atoms with van der Waals surface area (Å²) in [6, 6.07) is 1.77. The van der Waals surface area contributed by atoms with Gasteiger partial charge in [-0.15, -0.1) is 11.3 Å². The number of sulfonamides is 1. The maximum atomic E-state index is 12.3. The summed E-state index contributed by atoms with van der Waals surface area (Å²) in [7, 11) is 0.507. The van der Waals surface area contributed by atoms with E-state index in [1.165, 1.54) is 11.3 Å². The summed E-state index contributed by atoms with van der Waals surface area (Å²) in [4.78, 5) is 2.16. The van der Waals surface area contributed by atoms with Crippen LogP contribution >= 0.6 is 11.3 Å². The van der Waals surface area contributed by atoms with Gasteiger partial charge in [-0.1, -0.05) is 0 Å². The van der Waals surface area contributed by atoms with Crippen molar-refractivity contribution in [3.8, 4) is 0 Å². The topological polar surface area (TPSA) is 61.4 Å². The van der Waals surface area contributed by atoms with Gasteiger partial charge in [-0.25, -0.2) is 13.1 Å². The van der Waals surface area contributed by atoms with Gasteiger partial charge in [-0.3, -0.25) is 0 Å². The number of rotatable bonds is 5. The molecule has 0 radical (unpaired) electrons. The quantitative estimate of drug-likeness (QED) is 0.846. The Hall–Kier alpha value is -0.470. The van der Waals surface area contributed by atoms with E-state index < -0.39 is 10.0 Å². The molecule has 0 aromatic carbocycles. The maximum Gasteiger partial charge on any atom is 0.250 e. The largest absolute Gasteiger partial charge is 0.316 e. The minimum Gasteiger partial charge on any atom is -0.316 e. The van der Waals surface area contributed by atoms with Crippen molar-refractivity contribution >= 4 is 21.4 Å². The van der Waals surface area contributed by atoms with Gasteiger partial charge in [0, 0.05) is 19.1 Å². The molecule has 2 heterocycles. The van der Waals surface area contributed by atoms with Gasteiger partial charge in [0.25, 0.3) is 0 Å². The van der Waals surface area contributed by atoms with Crippen LogP contribution in [0.1, 0.15) is 18.4 Å². The molecule has 1 atom stereocenters. The molecule has 5 nitrogen and oxygen atoms in total. The van der Waals surface area contributed by atoms with Crippen molar-refractivity contribution in [1.29, 1.82) is 0 Å². The molecule has 0 spiro atoms. The van der Waals surface area contributed by atoms with Crippen LogP contribution in [0, 0.1) is 0 Å². The highest BCUT2D eigenvalue weighted by molar-refractivity contribution is 7.91. The Morgan fingerprint density at radius 3 is 3.00 bits per heavy atom. The maximum absolute atomic E-state index is 12.3. The second-order valence-electron chi connectivity index (χ2n) is 5.03. The molecule has 2 rings (SSSR count). The minimum absolute atomic E-state index is 0.0265. The molecule has 1 saturated heterocycles. The Balaban J connectivity index is 2.04. The average molecular weight is 303 g/mol. The van der Waals surface area contributed by atoms with Crippen LogP contribution in [0.4, 0.5) is 0 Å². The predicted molar refractivity (Wildman–Crippen MR) is 77.9 cm³/mol. The van der Waals surface area contributed by atoms with Gasteiger partial charge in [0.15, 0.2) is 0 Å². The third-order valence-electron chi connectivity index (χ3n) is 3.22. The van der Waals surface area contributed by atoms with Crippen molar-refractivity contribution < 1.29 is 8.42 Å². The van der Waals surface area contributed by atoms with Crippen molar-refractivity contribution in [3.63, 3.8) is 0 Å². The highest BCUT2D eigenvalue weighted by atomic mass is 32.2. The van der Waals surface area contributed by atoms with Crippen LogP contribution in [0.25, 0.3) is 0 Å². The zero-order chi connectivity index (χ0) is 13.9. The molecule has 1 fully saturated rings. The van der Waals surface area contributed by atoms with Crippen LogP contribution in [0.3, 0.4) is 0 Å². The van der Waals surface area contributed by atoms with Crippen molar-refractivity contribution in [2.75, 3.05) is 27.2 Å². The molecule has 2 N–H and O–H groups in total. The number of likely N-dealkylation sites (tertiary alicyclic amines) is 1. The average Bonchev–Trinajstić information content (AvgIpc) is 2.78. The van der Waals surface area contributed by atoms with E-state index in [0.717, 1.165) is 31.5 Å². The number of hydrogen-bond acceptors (Lipinski definition) is 5. The van der Waals surface area contributed by atoms with Crippen LogP contribution in [0.2, 0.25) is 0 Å². The van der Waals surface area contributed by atoms with Gasteiger partial charge in [0.05, 0.1) is 0 Å². The Morgan fingerprint density at radius 1 is 1.53 bits per heavy atom. The zero-order valence-corrected chi connectivity index (χ0v) is 13.0. The zero-order valence-electron chi connectivity index (χ0n) is 11.3. The smallest absolute Gasteiger partial charge is 0.250 e. The van der Waals surface area contributed by atoms with Crippen LogP contribution in [0.5, 0.6) is 0 Å². The first-order chi connectivity index (χ1) is 9.01. The molecule has 19 heavy (non-hydrogen) atoms. The summed E-state index contributed by atoms with van der Waals surface area (Å²) >= 11 is 1.28. The van der Waals surface area contributed by atoms with Gasteiger partial charge in [-0.2, -0.15) is 0 Å². The third kappa shape index (κ3) is 4.00. The van der Waals surface area contributed by atoms with E-state index in [1.807, 2.05) is 19.5 Å². The monoisotopic (exact) mass is 303 g/mol. The molecule has 108 valence electrons. The van der Waals surface area contributed by atoms with Gasteiger partial charge < -0.3 is 10.2 Å². The summed E-state index contributed by atoms with van der Waals surface area (Å²) in [5, 5.41) is 4.91. The van der Waals surface area contributed by atoms with Crippen molar-refractivity contribution in [3.05, 3.63) is 17.0 Å². The molecule has 0 bridgehead atoms. The fourth-order valence-electron chi connectivity index (χ4n) is 2.33. The first-order valence-electron chi connectivity index (χ1n) is 6.44. The highest BCUT2D eigenvalue weighted by Gasteiger charge is 2.24. The molecular formula is C12H21N3O2S2. The van der Waals surface area contributed by atoms with E-state index in [9.17, 15) is 8.42 Å². The molecule has 1 aromatic rings. The van der Waals surface area contributed by atoms with Crippen molar-refractivity contribution in [1.82, 2.24) is 14.9 Å². The van der Waals surface area contributed by atoms with E-state index >= 15 is 0 Å². The Labute approximate surface area is 119 Å². The normalized spacial score (nSPS) is 21.7. The van der Waals surface area contributed by atoms with E-state index in [2.05, 4.69) is 14.9 Å². The van der Waals surface area contributed by atoms with E-state index in [4.69, 9.17) is 0 Å². The molecule has 1 aliphatic heterocycles. The molecule has 0 aliphatic carbocycles. The Bertz CT molecular complexity index is 513. The second-order valence-corrected chi connectivity index (χ2v) is 7.88. The molecule has 1 aromatic heterocycles. The van der Waals surface area contributed by atoms with E-state index in [-0.39, 0.29) is 6.04 Å². The second kappa shape index (κ2) is 6.32. The number of nitrogens with zero attached hydrogens (tertiary/aromatic N) is 1. The van der Waals surface area contributed by atoms with Crippen molar-refractivity contribution in [2.24, 2.45) is 0 Å². The number of likely N-dealkylation sites (N-methyl/N-ethyl adjacent to an activating group) is 1. The van der Waals surface area contributed by atoms with Gasteiger partial charge in [0.1, 0.15) is 4.21 Å². The lowest BCUT2D eigenvalue weighted by atomic mass is 10.1. The van der Waals surface area contributed by atoms with Crippen LogP contribution < -0.4 is 10.0 Å². The molecular weight excluding hydrogens is 282 g/mol. The highest BCUT2D eigenvalue weighted by Crippen LogP contribution is 2.21. The van der Waals surface area contributed by atoms with Crippen molar-refractivity contribution in [2.45, 2.75) is 29.6 Å². The summed E-state index contributed by atoms with van der Waals surface area (Å²) in [6.45, 7) is 2.52. The summed E-state index contributed by atoms with van der Waals surface area (Å²) in [5.74, 6) is 0. The Kier molecular flexibility index (Phi) is 4.97. The summed E-state index contributed by atoms with van der Waals surface area (Å²) in [6.07, 6.45) is 1.96. The number of hydrogen-bond donors (Lipinski definition) is 2. The van der Waals surface area contributed by atoms with E-state index in [1.54, 1.807) is 6.07 Å². The first-order valence-corrected chi connectivity index (χ1v) is 8.80. The number of thiophene rings is 1. The van der Waals surface area contributed by atoms with E-state index in [0.29, 0.717) is 10.8 Å². The lowest BCUT2D eigenvalue weighted by Crippen LogP contribution is -2.46.